The number of hydrogen-bond acceptors (Lipinski definition) is 3. The summed E-state index contributed by atoms with van der Waals surface area (Å²) in [6.45, 7) is 1.57. The Hall–Kier alpha value is -1.90. The van der Waals surface area contributed by atoms with Gasteiger partial charge in [-0.25, -0.2) is 0 Å². The summed E-state index contributed by atoms with van der Waals surface area (Å²) in [6.07, 6.45) is 3.91. The molecular weight excluding hydrogens is 240 g/mol. The van der Waals surface area contributed by atoms with Crippen LogP contribution in [0.25, 0.3) is 0 Å². The van der Waals surface area contributed by atoms with Crippen molar-refractivity contribution in [1.29, 1.82) is 0 Å². The molecule has 2 aliphatic carbocycles. The van der Waals surface area contributed by atoms with E-state index in [-0.39, 0.29) is 11.6 Å². The van der Waals surface area contributed by atoms with Crippen molar-refractivity contribution in [2.75, 3.05) is 7.11 Å². The van der Waals surface area contributed by atoms with Crippen molar-refractivity contribution in [2.45, 2.75) is 26.2 Å². The number of benzene rings is 1. The van der Waals surface area contributed by atoms with Gasteiger partial charge in [-0.2, -0.15) is 0 Å². The molecule has 19 heavy (non-hydrogen) atoms. The van der Waals surface area contributed by atoms with Crippen molar-refractivity contribution in [3.63, 3.8) is 0 Å². The minimum Gasteiger partial charge on any atom is -0.497 e. The van der Waals surface area contributed by atoms with Crippen molar-refractivity contribution >= 4 is 11.6 Å². The van der Waals surface area contributed by atoms with Gasteiger partial charge in [0, 0.05) is 11.0 Å². The summed E-state index contributed by atoms with van der Waals surface area (Å²) < 4.78 is 5.21. The molecule has 0 radical (unpaired) electrons. The normalized spacial score (nSPS) is 24.5. The van der Waals surface area contributed by atoms with Crippen LogP contribution in [0.3, 0.4) is 0 Å². The lowest BCUT2D eigenvalue weighted by molar-refractivity contribution is -0.113. The molecule has 1 spiro atoms. The molecule has 1 atom stereocenters. The van der Waals surface area contributed by atoms with Crippen LogP contribution in [0.5, 0.6) is 5.75 Å². The Kier molecular flexibility index (Phi) is 2.59. The second-order valence-electron chi connectivity index (χ2n) is 5.48. The van der Waals surface area contributed by atoms with E-state index in [4.69, 9.17) is 4.74 Å². The molecule has 1 aromatic rings. The summed E-state index contributed by atoms with van der Waals surface area (Å²) >= 11 is 0. The zero-order chi connectivity index (χ0) is 13.6. The molecule has 0 saturated heterocycles. The van der Waals surface area contributed by atoms with Crippen LogP contribution >= 0.6 is 0 Å². The number of ether oxygens (including phenoxy) is 1. The number of Topliss-reactive ketones (excluding diaryl/α,β-unsaturated/α-hetero) is 2. The van der Waals surface area contributed by atoms with Gasteiger partial charge in [0.05, 0.1) is 7.11 Å². The first-order valence-electron chi connectivity index (χ1n) is 6.47. The lowest BCUT2D eigenvalue weighted by Gasteiger charge is -2.20. The molecule has 1 unspecified atom stereocenters. The number of allylic oxidation sites excluding steroid dienone is 2. The van der Waals surface area contributed by atoms with Crippen LogP contribution in [0.1, 0.15) is 35.7 Å². The third kappa shape index (κ3) is 1.72. The topological polar surface area (TPSA) is 43.4 Å². The second-order valence-corrected chi connectivity index (χ2v) is 5.48. The Bertz CT molecular complexity index is 612. The van der Waals surface area contributed by atoms with Crippen molar-refractivity contribution in [1.82, 2.24) is 0 Å². The van der Waals surface area contributed by atoms with Crippen LogP contribution < -0.4 is 4.74 Å². The maximum Gasteiger partial charge on any atom is 0.170 e. The monoisotopic (exact) mass is 256 g/mol. The highest BCUT2D eigenvalue weighted by Gasteiger charge is 2.48. The average Bonchev–Trinajstić information content (AvgIpc) is 2.94. The fraction of sp³-hybridized carbons (Fsp3) is 0.375. The van der Waals surface area contributed by atoms with Crippen LogP contribution in [0.15, 0.2) is 29.8 Å². The maximum absolute atomic E-state index is 12.6. The van der Waals surface area contributed by atoms with Gasteiger partial charge < -0.3 is 4.74 Å². The van der Waals surface area contributed by atoms with Crippen LogP contribution in [0.4, 0.5) is 0 Å². The van der Waals surface area contributed by atoms with Gasteiger partial charge in [-0.15, -0.1) is 0 Å². The number of methoxy groups -OCH3 is 1. The smallest absolute Gasteiger partial charge is 0.170 e. The number of ketones is 2. The standard InChI is InChI=1S/C16H16O3/c1-10(17)11-5-6-16(8-11)9-12-7-13(19-2)3-4-14(12)15(16)18/h3-5,7H,6,8-9H2,1-2H3. The third-order valence-corrected chi connectivity index (χ3v) is 4.29. The lowest BCUT2D eigenvalue weighted by Crippen LogP contribution is -2.25. The first-order chi connectivity index (χ1) is 9.05. The van der Waals surface area contributed by atoms with E-state index < -0.39 is 5.41 Å². The van der Waals surface area contributed by atoms with Gasteiger partial charge in [-0.1, -0.05) is 6.08 Å². The Morgan fingerprint density at radius 2 is 2.11 bits per heavy atom. The van der Waals surface area contributed by atoms with Gasteiger partial charge >= 0.3 is 0 Å². The van der Waals surface area contributed by atoms with Gasteiger partial charge in [0.15, 0.2) is 11.6 Å². The highest BCUT2D eigenvalue weighted by atomic mass is 16.5. The predicted molar refractivity (Wildman–Crippen MR) is 71.5 cm³/mol. The fourth-order valence-electron chi connectivity index (χ4n) is 3.20. The van der Waals surface area contributed by atoms with E-state index in [2.05, 4.69) is 0 Å². The number of rotatable bonds is 2. The molecule has 2 aliphatic rings. The van der Waals surface area contributed by atoms with E-state index in [0.717, 1.165) is 22.4 Å². The first kappa shape index (κ1) is 12.2. The molecule has 0 bridgehead atoms. The number of carbonyl (C=O) groups is 2. The molecule has 1 aromatic carbocycles. The zero-order valence-corrected chi connectivity index (χ0v) is 11.2. The Morgan fingerprint density at radius 1 is 1.32 bits per heavy atom. The molecule has 0 amide bonds. The van der Waals surface area contributed by atoms with Gasteiger partial charge in [0.1, 0.15) is 5.75 Å². The van der Waals surface area contributed by atoms with Gasteiger partial charge in [0.25, 0.3) is 0 Å². The Labute approximate surface area is 112 Å². The van der Waals surface area contributed by atoms with Crippen molar-refractivity contribution in [2.24, 2.45) is 5.41 Å². The molecule has 98 valence electrons. The van der Waals surface area contributed by atoms with E-state index in [0.29, 0.717) is 19.3 Å². The number of fused-ring (bicyclic) bond motifs is 1. The molecule has 3 nitrogen and oxygen atoms in total. The molecule has 0 aliphatic heterocycles. The Morgan fingerprint density at radius 3 is 2.74 bits per heavy atom. The zero-order valence-electron chi connectivity index (χ0n) is 11.2. The van der Waals surface area contributed by atoms with Crippen LogP contribution in [-0.4, -0.2) is 18.7 Å². The summed E-state index contributed by atoms with van der Waals surface area (Å²) in [5, 5.41) is 0. The Balaban J connectivity index is 1.94. The summed E-state index contributed by atoms with van der Waals surface area (Å²) in [7, 11) is 1.62. The van der Waals surface area contributed by atoms with Crippen LogP contribution in [0, 0.1) is 5.41 Å². The highest BCUT2D eigenvalue weighted by molar-refractivity contribution is 6.07. The molecule has 3 heteroatoms. The minimum atomic E-state index is -0.407. The van der Waals surface area contributed by atoms with Gasteiger partial charge in [0.2, 0.25) is 0 Å². The van der Waals surface area contributed by atoms with E-state index in [9.17, 15) is 9.59 Å². The van der Waals surface area contributed by atoms with Gasteiger partial charge in [-0.3, -0.25) is 9.59 Å². The van der Waals surface area contributed by atoms with E-state index in [1.807, 2.05) is 24.3 Å². The number of hydrogen-bond donors (Lipinski definition) is 0. The van der Waals surface area contributed by atoms with Gasteiger partial charge in [-0.05, 0) is 55.5 Å². The van der Waals surface area contributed by atoms with E-state index in [1.54, 1.807) is 14.0 Å². The quantitative estimate of drug-likeness (QED) is 0.817. The van der Waals surface area contributed by atoms with Crippen molar-refractivity contribution in [3.8, 4) is 5.75 Å². The summed E-state index contributed by atoms with van der Waals surface area (Å²) in [5.74, 6) is 1.04. The average molecular weight is 256 g/mol. The molecule has 0 N–H and O–H groups in total. The van der Waals surface area contributed by atoms with E-state index in [1.165, 1.54) is 0 Å². The third-order valence-electron chi connectivity index (χ3n) is 4.29. The maximum atomic E-state index is 12.6. The SMILES string of the molecule is COc1ccc2c(c1)CC1(CC=C(C(C)=O)C1)C2=O. The van der Waals surface area contributed by atoms with Crippen molar-refractivity contribution in [3.05, 3.63) is 41.0 Å². The summed E-state index contributed by atoms with van der Waals surface area (Å²) in [5.41, 5.74) is 2.23. The molecular formula is C16H16O3. The molecule has 0 heterocycles. The second kappa shape index (κ2) is 4.05. The molecule has 0 aromatic heterocycles. The molecule has 3 rings (SSSR count). The summed E-state index contributed by atoms with van der Waals surface area (Å²) in [4.78, 5) is 24.1. The number of carbonyl (C=O) groups excluding carboxylic acids is 2. The lowest BCUT2D eigenvalue weighted by atomic mass is 9.80. The molecule has 0 saturated carbocycles. The minimum absolute atomic E-state index is 0.0817. The largest absolute Gasteiger partial charge is 0.497 e. The van der Waals surface area contributed by atoms with Crippen LogP contribution in [-0.2, 0) is 11.2 Å². The first-order valence-corrected chi connectivity index (χ1v) is 6.47. The molecule has 0 fully saturated rings. The highest BCUT2D eigenvalue weighted by Crippen LogP contribution is 2.48. The van der Waals surface area contributed by atoms with Crippen molar-refractivity contribution < 1.29 is 14.3 Å². The van der Waals surface area contributed by atoms with Crippen LogP contribution in [0.2, 0.25) is 0 Å². The fourth-order valence-corrected chi connectivity index (χ4v) is 3.20. The summed E-state index contributed by atoms with van der Waals surface area (Å²) in [6, 6.07) is 5.61. The van der Waals surface area contributed by atoms with E-state index >= 15 is 0 Å². The predicted octanol–water partition coefficient (Wildman–Crippen LogP) is 2.73.